The van der Waals surface area contributed by atoms with Crippen molar-refractivity contribution in [2.24, 2.45) is 5.73 Å². The van der Waals surface area contributed by atoms with Crippen LogP contribution in [0.25, 0.3) is 0 Å². The molecule has 0 heterocycles. The molecule has 4 heteroatoms. The standard InChI is InChI=1S/C16H17FN2S/c1-3-11-6-4-5-10(2)15(11)19-14-8-7-12(16(18)20)9-13(14)17/h4-9,19H,3H2,1-2H3,(H2,18,20). The summed E-state index contributed by atoms with van der Waals surface area (Å²) in [6.07, 6.45) is 0.886. The highest BCUT2D eigenvalue weighted by molar-refractivity contribution is 7.80. The monoisotopic (exact) mass is 288 g/mol. The van der Waals surface area contributed by atoms with Crippen LogP contribution in [0, 0.1) is 12.7 Å². The third-order valence-electron chi connectivity index (χ3n) is 3.25. The van der Waals surface area contributed by atoms with Gasteiger partial charge in [-0.1, -0.05) is 37.3 Å². The minimum atomic E-state index is -0.361. The van der Waals surface area contributed by atoms with Crippen molar-refractivity contribution < 1.29 is 4.39 Å². The first-order valence-corrected chi connectivity index (χ1v) is 6.88. The number of nitrogens with one attached hydrogen (secondary N) is 1. The summed E-state index contributed by atoms with van der Waals surface area (Å²) in [5.41, 5.74) is 9.65. The zero-order valence-corrected chi connectivity index (χ0v) is 12.4. The highest BCUT2D eigenvalue weighted by Gasteiger charge is 2.09. The van der Waals surface area contributed by atoms with Crippen LogP contribution in [0.5, 0.6) is 0 Å². The van der Waals surface area contributed by atoms with Crippen LogP contribution < -0.4 is 11.1 Å². The summed E-state index contributed by atoms with van der Waals surface area (Å²) in [6, 6.07) is 10.8. The minimum Gasteiger partial charge on any atom is -0.389 e. The van der Waals surface area contributed by atoms with E-state index >= 15 is 0 Å². The van der Waals surface area contributed by atoms with Gasteiger partial charge in [0.25, 0.3) is 0 Å². The number of hydrogen-bond donors (Lipinski definition) is 2. The van der Waals surface area contributed by atoms with Crippen LogP contribution in [0.3, 0.4) is 0 Å². The van der Waals surface area contributed by atoms with Gasteiger partial charge in [-0.15, -0.1) is 0 Å². The van der Waals surface area contributed by atoms with E-state index in [1.165, 1.54) is 6.07 Å². The maximum Gasteiger partial charge on any atom is 0.147 e. The van der Waals surface area contributed by atoms with Crippen LogP contribution in [-0.2, 0) is 6.42 Å². The van der Waals surface area contributed by atoms with Crippen LogP contribution >= 0.6 is 12.2 Å². The Labute approximate surface area is 123 Å². The summed E-state index contributed by atoms with van der Waals surface area (Å²) < 4.78 is 14.1. The molecule has 2 rings (SSSR count). The van der Waals surface area contributed by atoms with E-state index in [4.69, 9.17) is 18.0 Å². The maximum absolute atomic E-state index is 14.1. The Morgan fingerprint density at radius 3 is 2.65 bits per heavy atom. The van der Waals surface area contributed by atoms with E-state index in [2.05, 4.69) is 12.2 Å². The van der Waals surface area contributed by atoms with Gasteiger partial charge in [-0.05, 0) is 42.7 Å². The lowest BCUT2D eigenvalue weighted by Crippen LogP contribution is -2.10. The van der Waals surface area contributed by atoms with Crippen molar-refractivity contribution in [3.8, 4) is 0 Å². The van der Waals surface area contributed by atoms with Crippen LogP contribution in [0.4, 0.5) is 15.8 Å². The van der Waals surface area contributed by atoms with Gasteiger partial charge in [-0.3, -0.25) is 0 Å². The topological polar surface area (TPSA) is 38.0 Å². The smallest absolute Gasteiger partial charge is 0.147 e. The molecule has 0 radical (unpaired) electrons. The molecule has 0 bridgehead atoms. The van der Waals surface area contributed by atoms with Gasteiger partial charge < -0.3 is 11.1 Å². The van der Waals surface area contributed by atoms with Gasteiger partial charge >= 0.3 is 0 Å². The van der Waals surface area contributed by atoms with Gasteiger partial charge in [-0.2, -0.15) is 0 Å². The molecule has 0 aliphatic heterocycles. The lowest BCUT2D eigenvalue weighted by Gasteiger charge is -2.15. The normalized spacial score (nSPS) is 10.3. The Kier molecular flexibility index (Phi) is 4.35. The van der Waals surface area contributed by atoms with Crippen LogP contribution in [0.2, 0.25) is 0 Å². The van der Waals surface area contributed by atoms with Gasteiger partial charge in [0, 0.05) is 11.3 Å². The zero-order chi connectivity index (χ0) is 14.7. The van der Waals surface area contributed by atoms with Crippen molar-refractivity contribution in [1.29, 1.82) is 0 Å². The number of halogens is 1. The highest BCUT2D eigenvalue weighted by Crippen LogP contribution is 2.27. The summed E-state index contributed by atoms with van der Waals surface area (Å²) in [7, 11) is 0. The van der Waals surface area contributed by atoms with Crippen LogP contribution in [0.1, 0.15) is 23.6 Å². The number of para-hydroxylation sites is 1. The molecule has 104 valence electrons. The van der Waals surface area contributed by atoms with Crippen LogP contribution in [-0.4, -0.2) is 4.99 Å². The molecule has 0 saturated heterocycles. The molecule has 2 aromatic carbocycles. The van der Waals surface area contributed by atoms with Crippen LogP contribution in [0.15, 0.2) is 36.4 Å². The zero-order valence-electron chi connectivity index (χ0n) is 11.5. The van der Waals surface area contributed by atoms with E-state index < -0.39 is 0 Å². The molecule has 2 nitrogen and oxygen atoms in total. The van der Waals surface area contributed by atoms with Gasteiger partial charge in [0.2, 0.25) is 0 Å². The van der Waals surface area contributed by atoms with E-state index in [-0.39, 0.29) is 10.8 Å². The number of anilines is 2. The lowest BCUT2D eigenvalue weighted by atomic mass is 10.1. The molecule has 0 atom stereocenters. The van der Waals surface area contributed by atoms with E-state index in [0.29, 0.717) is 11.3 Å². The fraction of sp³-hybridized carbons (Fsp3) is 0.188. The van der Waals surface area contributed by atoms with E-state index in [1.54, 1.807) is 12.1 Å². The second-order valence-electron chi connectivity index (χ2n) is 4.65. The van der Waals surface area contributed by atoms with Gasteiger partial charge in [-0.25, -0.2) is 4.39 Å². The largest absolute Gasteiger partial charge is 0.389 e. The Balaban J connectivity index is 2.38. The number of rotatable bonds is 4. The Morgan fingerprint density at radius 2 is 2.05 bits per heavy atom. The van der Waals surface area contributed by atoms with E-state index in [0.717, 1.165) is 23.2 Å². The molecule has 2 aromatic rings. The number of benzene rings is 2. The summed E-state index contributed by atoms with van der Waals surface area (Å²) >= 11 is 4.85. The van der Waals surface area contributed by atoms with Crippen molar-refractivity contribution >= 4 is 28.6 Å². The van der Waals surface area contributed by atoms with Crippen molar-refractivity contribution in [1.82, 2.24) is 0 Å². The average molecular weight is 288 g/mol. The summed E-state index contributed by atoms with van der Waals surface area (Å²) in [6.45, 7) is 4.08. The van der Waals surface area contributed by atoms with E-state index in [9.17, 15) is 4.39 Å². The molecule has 3 N–H and O–H groups in total. The molecule has 0 unspecified atom stereocenters. The van der Waals surface area contributed by atoms with Gasteiger partial charge in [0.15, 0.2) is 0 Å². The number of hydrogen-bond acceptors (Lipinski definition) is 2. The summed E-state index contributed by atoms with van der Waals surface area (Å²) in [5, 5.41) is 3.17. The Morgan fingerprint density at radius 1 is 1.30 bits per heavy atom. The average Bonchev–Trinajstić information content (AvgIpc) is 2.42. The number of thiocarbonyl (C=S) groups is 1. The maximum atomic E-state index is 14.1. The molecular formula is C16H17FN2S. The molecule has 0 amide bonds. The number of aryl methyl sites for hydroxylation is 2. The molecule has 0 aliphatic carbocycles. The van der Waals surface area contributed by atoms with E-state index in [1.807, 2.05) is 25.1 Å². The fourth-order valence-corrected chi connectivity index (χ4v) is 2.23. The predicted molar refractivity (Wildman–Crippen MR) is 86.1 cm³/mol. The first kappa shape index (κ1) is 14.5. The fourth-order valence-electron chi connectivity index (χ4n) is 2.11. The van der Waals surface area contributed by atoms with Crippen molar-refractivity contribution in [2.45, 2.75) is 20.3 Å². The lowest BCUT2D eigenvalue weighted by molar-refractivity contribution is 0.631. The first-order chi connectivity index (χ1) is 9.52. The minimum absolute atomic E-state index is 0.195. The SMILES string of the molecule is CCc1cccc(C)c1Nc1ccc(C(N)=S)cc1F. The third kappa shape index (κ3) is 2.96. The van der Waals surface area contributed by atoms with Gasteiger partial charge in [0.1, 0.15) is 10.8 Å². The highest BCUT2D eigenvalue weighted by atomic mass is 32.1. The Hall–Kier alpha value is -1.94. The molecule has 0 spiro atoms. The second-order valence-corrected chi connectivity index (χ2v) is 5.09. The summed E-state index contributed by atoms with van der Waals surface area (Å²) in [5.74, 6) is -0.361. The van der Waals surface area contributed by atoms with Gasteiger partial charge in [0.05, 0.1) is 5.69 Å². The van der Waals surface area contributed by atoms with Crippen molar-refractivity contribution in [3.63, 3.8) is 0 Å². The van der Waals surface area contributed by atoms with Crippen molar-refractivity contribution in [3.05, 3.63) is 58.9 Å². The summed E-state index contributed by atoms with van der Waals surface area (Å²) in [4.78, 5) is 0.195. The quantitative estimate of drug-likeness (QED) is 0.833. The molecule has 20 heavy (non-hydrogen) atoms. The van der Waals surface area contributed by atoms with Crippen molar-refractivity contribution in [2.75, 3.05) is 5.32 Å². The molecule has 0 saturated carbocycles. The Bertz CT molecular complexity index is 653. The predicted octanol–water partition coefficient (Wildman–Crippen LogP) is 4.07. The molecule has 0 fully saturated rings. The molecule has 0 aromatic heterocycles. The third-order valence-corrected chi connectivity index (χ3v) is 3.49. The molecular weight excluding hydrogens is 271 g/mol. The second kappa shape index (κ2) is 6.01. The molecule has 0 aliphatic rings. The first-order valence-electron chi connectivity index (χ1n) is 6.47. The number of nitrogens with two attached hydrogens (primary N) is 1.